The van der Waals surface area contributed by atoms with Gasteiger partial charge in [-0.3, -0.25) is 4.79 Å². The standard InChI is InChI=1S/C22H21Br2N3O4/c1-4-20-26-18-8-7-15(23)11-16(18)21(28)27(20)25-12-14-6-9-19(17(24)10-14)31-13(3)22(29)30-5-2/h6-13H,4-5H2,1-3H3/t13-/m1/s1. The molecule has 31 heavy (non-hydrogen) atoms. The first-order valence-corrected chi connectivity index (χ1v) is 11.3. The van der Waals surface area contributed by atoms with Crippen molar-refractivity contribution in [1.82, 2.24) is 9.66 Å². The predicted molar refractivity (Wildman–Crippen MR) is 127 cm³/mol. The molecule has 0 saturated heterocycles. The van der Waals surface area contributed by atoms with Gasteiger partial charge in [-0.2, -0.15) is 9.78 Å². The molecule has 162 valence electrons. The van der Waals surface area contributed by atoms with Crippen molar-refractivity contribution in [3.8, 4) is 5.75 Å². The minimum atomic E-state index is -0.732. The maximum absolute atomic E-state index is 13.0. The fraction of sp³-hybridized carbons (Fsp3) is 0.273. The smallest absolute Gasteiger partial charge is 0.347 e. The molecule has 0 saturated carbocycles. The van der Waals surface area contributed by atoms with Crippen molar-refractivity contribution in [3.05, 3.63) is 67.1 Å². The number of ether oxygens (including phenoxy) is 2. The number of halogens is 2. The van der Waals surface area contributed by atoms with Gasteiger partial charge in [-0.05, 0) is 71.7 Å². The summed E-state index contributed by atoms with van der Waals surface area (Å²) in [6.07, 6.45) is 1.40. The average molecular weight is 551 g/mol. The van der Waals surface area contributed by atoms with E-state index in [-0.39, 0.29) is 5.56 Å². The Morgan fingerprint density at radius 1 is 1.23 bits per heavy atom. The summed E-state index contributed by atoms with van der Waals surface area (Å²) in [4.78, 5) is 29.3. The molecule has 2 aromatic carbocycles. The summed E-state index contributed by atoms with van der Waals surface area (Å²) in [5.41, 5.74) is 1.14. The minimum absolute atomic E-state index is 0.235. The van der Waals surface area contributed by atoms with Crippen LogP contribution in [0.1, 0.15) is 32.2 Å². The van der Waals surface area contributed by atoms with E-state index in [1.54, 1.807) is 50.4 Å². The Morgan fingerprint density at radius 2 is 2.00 bits per heavy atom. The van der Waals surface area contributed by atoms with Gasteiger partial charge in [0, 0.05) is 10.9 Å². The van der Waals surface area contributed by atoms with Gasteiger partial charge in [0.15, 0.2) is 6.10 Å². The number of aryl methyl sites for hydroxylation is 1. The number of esters is 1. The molecule has 7 nitrogen and oxygen atoms in total. The quantitative estimate of drug-likeness (QED) is 0.314. The molecule has 1 atom stereocenters. The number of hydrogen-bond acceptors (Lipinski definition) is 6. The van der Waals surface area contributed by atoms with E-state index < -0.39 is 12.1 Å². The third kappa shape index (κ3) is 5.40. The van der Waals surface area contributed by atoms with E-state index in [9.17, 15) is 9.59 Å². The van der Waals surface area contributed by atoms with Crippen LogP contribution in [0.2, 0.25) is 0 Å². The zero-order valence-electron chi connectivity index (χ0n) is 17.3. The highest BCUT2D eigenvalue weighted by molar-refractivity contribution is 9.10. The summed E-state index contributed by atoms with van der Waals surface area (Å²) in [5, 5.41) is 4.86. The van der Waals surface area contributed by atoms with E-state index >= 15 is 0 Å². The lowest BCUT2D eigenvalue weighted by molar-refractivity contribution is -0.150. The number of fused-ring (bicyclic) bond motifs is 1. The average Bonchev–Trinajstić information content (AvgIpc) is 2.75. The summed E-state index contributed by atoms with van der Waals surface area (Å²) >= 11 is 6.84. The van der Waals surface area contributed by atoms with Crippen molar-refractivity contribution in [2.75, 3.05) is 6.61 Å². The van der Waals surface area contributed by atoms with Gasteiger partial charge in [-0.1, -0.05) is 22.9 Å². The zero-order valence-corrected chi connectivity index (χ0v) is 20.4. The second-order valence-corrected chi connectivity index (χ2v) is 8.38. The topological polar surface area (TPSA) is 82.8 Å². The van der Waals surface area contributed by atoms with Crippen LogP contribution >= 0.6 is 31.9 Å². The molecule has 0 radical (unpaired) electrons. The number of aromatic nitrogens is 2. The summed E-state index contributed by atoms with van der Waals surface area (Å²) in [6, 6.07) is 10.7. The lowest BCUT2D eigenvalue weighted by Gasteiger charge is -2.14. The van der Waals surface area contributed by atoms with Crippen LogP contribution in [0.15, 0.2) is 55.2 Å². The molecular weight excluding hydrogens is 530 g/mol. The largest absolute Gasteiger partial charge is 0.478 e. The van der Waals surface area contributed by atoms with E-state index in [2.05, 4.69) is 41.9 Å². The molecule has 9 heteroatoms. The molecule has 0 aliphatic carbocycles. The number of rotatable bonds is 7. The molecule has 0 fully saturated rings. The van der Waals surface area contributed by atoms with Crippen molar-refractivity contribution in [3.63, 3.8) is 0 Å². The molecule has 0 aliphatic heterocycles. The van der Waals surface area contributed by atoms with E-state index in [0.29, 0.717) is 40.0 Å². The normalized spacial score (nSPS) is 12.3. The van der Waals surface area contributed by atoms with E-state index in [4.69, 9.17) is 9.47 Å². The van der Waals surface area contributed by atoms with Crippen LogP contribution in [0, 0.1) is 0 Å². The van der Waals surface area contributed by atoms with Crippen molar-refractivity contribution < 1.29 is 14.3 Å². The molecule has 0 aliphatic rings. The predicted octanol–water partition coefficient (Wildman–Crippen LogP) is 4.70. The summed E-state index contributed by atoms with van der Waals surface area (Å²) in [7, 11) is 0. The molecule has 1 aromatic heterocycles. The molecule has 0 unspecified atom stereocenters. The van der Waals surface area contributed by atoms with E-state index in [1.165, 1.54) is 4.68 Å². The lowest BCUT2D eigenvalue weighted by atomic mass is 10.2. The third-order valence-corrected chi connectivity index (χ3v) is 5.51. The van der Waals surface area contributed by atoms with Gasteiger partial charge < -0.3 is 9.47 Å². The number of benzene rings is 2. The first kappa shape index (κ1) is 23.1. The molecule has 0 amide bonds. The van der Waals surface area contributed by atoms with Crippen LogP contribution in [0.4, 0.5) is 0 Å². The molecule has 3 rings (SSSR count). The molecule has 0 N–H and O–H groups in total. The summed E-state index contributed by atoms with van der Waals surface area (Å²) < 4.78 is 13.4. The number of hydrogen-bond donors (Lipinski definition) is 0. The first-order valence-electron chi connectivity index (χ1n) is 9.72. The fourth-order valence-electron chi connectivity index (χ4n) is 2.86. The maximum Gasteiger partial charge on any atom is 0.347 e. The number of carbonyl (C=O) groups is 1. The Labute approximate surface area is 196 Å². The molecule has 3 aromatic rings. The van der Waals surface area contributed by atoms with Gasteiger partial charge in [0.25, 0.3) is 5.56 Å². The van der Waals surface area contributed by atoms with Crippen LogP contribution in [-0.4, -0.2) is 34.6 Å². The molecule has 0 bridgehead atoms. The van der Waals surface area contributed by atoms with Gasteiger partial charge in [0.05, 0.1) is 28.2 Å². The Bertz CT molecular complexity index is 1210. The zero-order chi connectivity index (χ0) is 22.5. The van der Waals surface area contributed by atoms with Crippen molar-refractivity contribution >= 4 is 54.9 Å². The van der Waals surface area contributed by atoms with Crippen LogP contribution < -0.4 is 10.3 Å². The second-order valence-electron chi connectivity index (χ2n) is 6.61. The van der Waals surface area contributed by atoms with Gasteiger partial charge in [0.2, 0.25) is 0 Å². The second kappa shape index (κ2) is 10.2. The fourth-order valence-corrected chi connectivity index (χ4v) is 3.71. The minimum Gasteiger partial charge on any atom is -0.478 e. The SMILES string of the molecule is CCOC(=O)[C@@H](C)Oc1ccc(C=Nn2c(CC)nc3ccc(Br)cc3c2=O)cc1Br. The van der Waals surface area contributed by atoms with Crippen molar-refractivity contribution in [1.29, 1.82) is 0 Å². The summed E-state index contributed by atoms with van der Waals surface area (Å²) in [6.45, 7) is 5.59. The van der Waals surface area contributed by atoms with Gasteiger partial charge in [-0.25, -0.2) is 9.78 Å². The number of nitrogens with zero attached hydrogens (tertiary/aromatic N) is 3. The van der Waals surface area contributed by atoms with Crippen molar-refractivity contribution in [2.24, 2.45) is 5.10 Å². The van der Waals surface area contributed by atoms with E-state index in [1.807, 2.05) is 13.0 Å². The Kier molecular flexibility index (Phi) is 7.61. The van der Waals surface area contributed by atoms with Crippen LogP contribution in [0.3, 0.4) is 0 Å². The van der Waals surface area contributed by atoms with Gasteiger partial charge in [-0.15, -0.1) is 0 Å². The molecule has 0 spiro atoms. The highest BCUT2D eigenvalue weighted by atomic mass is 79.9. The Balaban J connectivity index is 1.89. The van der Waals surface area contributed by atoms with Crippen LogP contribution in [-0.2, 0) is 16.0 Å². The van der Waals surface area contributed by atoms with Crippen molar-refractivity contribution in [2.45, 2.75) is 33.3 Å². The van der Waals surface area contributed by atoms with Gasteiger partial charge in [0.1, 0.15) is 11.6 Å². The number of carbonyl (C=O) groups excluding carboxylic acids is 1. The Morgan fingerprint density at radius 3 is 2.68 bits per heavy atom. The molecular formula is C22H21Br2N3O4. The lowest BCUT2D eigenvalue weighted by Crippen LogP contribution is -2.26. The highest BCUT2D eigenvalue weighted by Crippen LogP contribution is 2.26. The van der Waals surface area contributed by atoms with Crippen LogP contribution in [0.25, 0.3) is 10.9 Å². The maximum atomic E-state index is 13.0. The first-order chi connectivity index (χ1) is 14.8. The monoisotopic (exact) mass is 549 g/mol. The molecule has 1 heterocycles. The summed E-state index contributed by atoms with van der Waals surface area (Å²) in [5.74, 6) is 0.640. The van der Waals surface area contributed by atoms with Crippen LogP contribution in [0.5, 0.6) is 5.75 Å². The Hall–Kier alpha value is -2.52. The highest BCUT2D eigenvalue weighted by Gasteiger charge is 2.17. The van der Waals surface area contributed by atoms with Gasteiger partial charge >= 0.3 is 5.97 Å². The third-order valence-electron chi connectivity index (χ3n) is 4.39. The van der Waals surface area contributed by atoms with E-state index in [0.717, 1.165) is 10.0 Å².